The second-order valence-electron chi connectivity index (χ2n) is 7.92. The Hall–Kier alpha value is 0.750. The quantitative estimate of drug-likeness (QED) is 0.697. The number of halogens is 3. The zero-order valence-corrected chi connectivity index (χ0v) is 16.8. The fraction of sp³-hybridized carbons (Fsp3) is 1.00. The van der Waals surface area contributed by atoms with Crippen LogP contribution in [0.5, 0.6) is 0 Å². The lowest BCUT2D eigenvalue weighted by Gasteiger charge is -2.38. The molecule has 0 spiro atoms. The molecule has 24 heavy (non-hydrogen) atoms. The van der Waals surface area contributed by atoms with Crippen LogP contribution in [-0.2, 0) is 4.74 Å². The van der Waals surface area contributed by atoms with Gasteiger partial charge in [0.05, 0.1) is 19.2 Å². The number of ether oxygens (including phenoxy) is 1. The molecule has 1 saturated heterocycles. The molecule has 3 aliphatic rings. The Morgan fingerprint density at radius 1 is 1.00 bits per heavy atom. The molecular weight excluding hydrogens is 367 g/mol. The minimum atomic E-state index is 0.149. The first-order valence-electron chi connectivity index (χ1n) is 9.69. The molecule has 0 amide bonds. The predicted octanol–water partition coefficient (Wildman–Crippen LogP) is 3.02. The van der Waals surface area contributed by atoms with Crippen molar-refractivity contribution >= 4 is 34.8 Å². The van der Waals surface area contributed by atoms with Gasteiger partial charge >= 0.3 is 0 Å². The Morgan fingerprint density at radius 3 is 2.42 bits per heavy atom. The molecule has 0 radical (unpaired) electrons. The van der Waals surface area contributed by atoms with Crippen molar-refractivity contribution < 1.29 is 10.1 Å². The molecule has 0 aromatic heterocycles. The zero-order chi connectivity index (χ0) is 16.9. The fourth-order valence-corrected chi connectivity index (χ4v) is 5.59. The molecule has 2 N–H and O–H groups in total. The average molecular weight is 399 g/mol. The summed E-state index contributed by atoms with van der Waals surface area (Å²) in [4.78, 5) is 2.51. The molecule has 0 bridgehead atoms. The van der Waals surface area contributed by atoms with Crippen LogP contribution in [-0.4, -0.2) is 60.0 Å². The van der Waals surface area contributed by atoms with Gasteiger partial charge in [0.2, 0.25) is 0 Å². The molecule has 1 heterocycles. The lowest BCUT2D eigenvalue weighted by molar-refractivity contribution is -0.643. The number of alkyl halides is 3. The zero-order valence-electron chi connectivity index (χ0n) is 14.5. The minimum absolute atomic E-state index is 0.149. The van der Waals surface area contributed by atoms with Crippen LogP contribution in [0.2, 0.25) is 0 Å². The number of nitrogens with two attached hydrogens (primary N) is 1. The molecule has 0 aromatic carbocycles. The van der Waals surface area contributed by atoms with Crippen molar-refractivity contribution in [1.29, 1.82) is 0 Å². The third-order valence-electron chi connectivity index (χ3n) is 6.03. The highest BCUT2D eigenvalue weighted by Crippen LogP contribution is 2.36. The fourth-order valence-electron chi connectivity index (χ4n) is 4.43. The standard InChI is InChI=1S/C18H31Cl3N2O/c19-14-3-1-13(2-4-14)11-24-18(10-23-8-7-22-12-23)16-6-5-15(20)9-17(16)21/h13-18,22H,1-12H2/p+1/t13?,14?,15?,16?,17?,18-/m0/s1. The van der Waals surface area contributed by atoms with E-state index in [2.05, 4.69) is 10.2 Å². The number of hydrogen-bond donors (Lipinski definition) is 1. The maximum Gasteiger partial charge on any atom is 0.132 e. The van der Waals surface area contributed by atoms with E-state index < -0.39 is 0 Å². The number of nitrogens with zero attached hydrogens (tertiary/aromatic N) is 1. The van der Waals surface area contributed by atoms with Crippen molar-refractivity contribution in [3.63, 3.8) is 0 Å². The molecule has 140 valence electrons. The molecule has 3 fully saturated rings. The Labute approximate surface area is 161 Å². The van der Waals surface area contributed by atoms with Gasteiger partial charge in [0.25, 0.3) is 0 Å². The maximum atomic E-state index is 6.69. The molecule has 2 aliphatic carbocycles. The summed E-state index contributed by atoms with van der Waals surface area (Å²) >= 11 is 19.2. The highest BCUT2D eigenvalue weighted by atomic mass is 35.5. The van der Waals surface area contributed by atoms with Crippen molar-refractivity contribution in [2.24, 2.45) is 11.8 Å². The number of rotatable bonds is 6. The highest BCUT2D eigenvalue weighted by Gasteiger charge is 2.36. The highest BCUT2D eigenvalue weighted by molar-refractivity contribution is 6.24. The average Bonchev–Trinajstić information content (AvgIpc) is 3.06. The smallest absolute Gasteiger partial charge is 0.132 e. The van der Waals surface area contributed by atoms with Crippen LogP contribution in [0.15, 0.2) is 0 Å². The van der Waals surface area contributed by atoms with Gasteiger partial charge in [-0.1, -0.05) is 0 Å². The minimum Gasteiger partial charge on any atom is -0.376 e. The summed E-state index contributed by atoms with van der Waals surface area (Å²) in [6.45, 7) is 5.34. The largest absolute Gasteiger partial charge is 0.376 e. The van der Waals surface area contributed by atoms with E-state index >= 15 is 0 Å². The Balaban J connectivity index is 1.54. The van der Waals surface area contributed by atoms with E-state index in [1.54, 1.807) is 0 Å². The van der Waals surface area contributed by atoms with Gasteiger partial charge in [-0.15, -0.1) is 34.8 Å². The SMILES string of the molecule is ClC1CCC(CO[C@@H](CN2CC[NH2+]C2)C2CCC(Cl)CC2Cl)CC1. The first kappa shape index (κ1) is 19.5. The molecule has 4 atom stereocenters. The lowest BCUT2D eigenvalue weighted by Crippen LogP contribution is -2.82. The number of hydrogen-bond acceptors (Lipinski definition) is 2. The van der Waals surface area contributed by atoms with E-state index in [1.807, 2.05) is 0 Å². The lowest BCUT2D eigenvalue weighted by atomic mass is 9.84. The molecular formula is C18H32Cl3N2O+. The van der Waals surface area contributed by atoms with Gasteiger partial charge in [0.15, 0.2) is 0 Å². The van der Waals surface area contributed by atoms with Gasteiger partial charge in [-0.3, -0.25) is 0 Å². The summed E-state index contributed by atoms with van der Waals surface area (Å²) in [5, 5.41) is 3.13. The topological polar surface area (TPSA) is 29.1 Å². The first-order valence-corrected chi connectivity index (χ1v) is 11.0. The van der Waals surface area contributed by atoms with E-state index in [-0.39, 0.29) is 16.9 Å². The van der Waals surface area contributed by atoms with Crippen LogP contribution in [0.1, 0.15) is 44.9 Å². The van der Waals surface area contributed by atoms with Crippen molar-refractivity contribution in [1.82, 2.24) is 4.90 Å². The second kappa shape index (κ2) is 9.62. The van der Waals surface area contributed by atoms with Crippen LogP contribution in [0.25, 0.3) is 0 Å². The van der Waals surface area contributed by atoms with Crippen molar-refractivity contribution in [3.8, 4) is 0 Å². The summed E-state index contributed by atoms with van der Waals surface area (Å²) in [5.41, 5.74) is 0. The summed E-state index contributed by atoms with van der Waals surface area (Å²) in [7, 11) is 0. The Morgan fingerprint density at radius 2 is 1.75 bits per heavy atom. The van der Waals surface area contributed by atoms with Crippen LogP contribution in [0.4, 0.5) is 0 Å². The maximum absolute atomic E-state index is 6.69. The molecule has 0 aromatic rings. The Kier molecular flexibility index (Phi) is 7.82. The summed E-state index contributed by atoms with van der Waals surface area (Å²) in [6.07, 6.45) is 8.01. The third-order valence-corrected chi connectivity index (χ3v) is 7.37. The third kappa shape index (κ3) is 5.62. The van der Waals surface area contributed by atoms with E-state index in [0.717, 1.165) is 58.5 Å². The van der Waals surface area contributed by atoms with E-state index in [9.17, 15) is 0 Å². The normalized spacial score (nSPS) is 39.9. The summed E-state index contributed by atoms with van der Waals surface area (Å²) < 4.78 is 6.50. The molecule has 1 aliphatic heterocycles. The van der Waals surface area contributed by atoms with E-state index in [1.165, 1.54) is 19.4 Å². The van der Waals surface area contributed by atoms with Gasteiger partial charge in [-0.05, 0) is 50.9 Å². The van der Waals surface area contributed by atoms with Gasteiger partial charge in [0.1, 0.15) is 6.67 Å². The van der Waals surface area contributed by atoms with Gasteiger partial charge in [-0.25, -0.2) is 4.90 Å². The van der Waals surface area contributed by atoms with Gasteiger partial charge < -0.3 is 10.1 Å². The van der Waals surface area contributed by atoms with Gasteiger partial charge in [0, 0.05) is 35.2 Å². The second-order valence-corrected chi connectivity index (χ2v) is 9.71. The number of quaternary nitrogens is 1. The molecule has 6 heteroatoms. The monoisotopic (exact) mass is 397 g/mol. The summed E-state index contributed by atoms with van der Waals surface area (Å²) in [5.74, 6) is 1.11. The summed E-state index contributed by atoms with van der Waals surface area (Å²) in [6, 6.07) is 0. The van der Waals surface area contributed by atoms with Crippen LogP contribution in [0.3, 0.4) is 0 Å². The predicted molar refractivity (Wildman–Crippen MR) is 101 cm³/mol. The Bertz CT molecular complexity index is 373. The van der Waals surface area contributed by atoms with Crippen molar-refractivity contribution in [2.75, 3.05) is 32.9 Å². The molecule has 3 nitrogen and oxygen atoms in total. The molecule has 2 saturated carbocycles. The van der Waals surface area contributed by atoms with E-state index in [4.69, 9.17) is 39.5 Å². The van der Waals surface area contributed by atoms with Crippen LogP contribution in [0, 0.1) is 11.8 Å². The van der Waals surface area contributed by atoms with Crippen molar-refractivity contribution in [3.05, 3.63) is 0 Å². The molecule has 3 rings (SSSR count). The van der Waals surface area contributed by atoms with Crippen LogP contribution >= 0.6 is 34.8 Å². The molecule has 3 unspecified atom stereocenters. The van der Waals surface area contributed by atoms with Crippen LogP contribution < -0.4 is 5.32 Å². The first-order chi connectivity index (χ1) is 11.6. The van der Waals surface area contributed by atoms with Crippen molar-refractivity contribution in [2.45, 2.75) is 67.2 Å². The van der Waals surface area contributed by atoms with Gasteiger partial charge in [-0.2, -0.15) is 0 Å². The van der Waals surface area contributed by atoms with E-state index in [0.29, 0.717) is 17.2 Å².